The van der Waals surface area contributed by atoms with Crippen molar-refractivity contribution in [3.8, 4) is 0 Å². The summed E-state index contributed by atoms with van der Waals surface area (Å²) < 4.78 is 1.09. The van der Waals surface area contributed by atoms with Crippen LogP contribution in [0.4, 0.5) is 0 Å². The molecule has 0 bridgehead atoms. The molecule has 5 nitrogen and oxygen atoms in total. The van der Waals surface area contributed by atoms with Gasteiger partial charge in [0.05, 0.1) is 16.8 Å². The number of carbonyl (C=O) groups excluding carboxylic acids is 2. The van der Waals surface area contributed by atoms with Crippen molar-refractivity contribution in [1.82, 2.24) is 15.2 Å². The van der Waals surface area contributed by atoms with Crippen LogP contribution in [0.2, 0.25) is 0 Å². The highest BCUT2D eigenvalue weighted by atomic mass is 32.1. The predicted octanol–water partition coefficient (Wildman–Crippen LogP) is 2.29. The van der Waals surface area contributed by atoms with Gasteiger partial charge in [-0.1, -0.05) is 19.1 Å². The van der Waals surface area contributed by atoms with Crippen LogP contribution in [0, 0.1) is 0 Å². The molecular weight excluding hydrogens is 298 g/mol. The molecule has 1 aromatic heterocycles. The van der Waals surface area contributed by atoms with E-state index in [4.69, 9.17) is 0 Å². The molecule has 0 spiro atoms. The summed E-state index contributed by atoms with van der Waals surface area (Å²) in [5, 5.41) is 3.52. The molecule has 1 heterocycles. The van der Waals surface area contributed by atoms with Crippen LogP contribution < -0.4 is 5.32 Å². The van der Waals surface area contributed by atoms with E-state index in [-0.39, 0.29) is 18.4 Å². The molecule has 1 aromatic carbocycles. The number of nitrogens with one attached hydrogen (secondary N) is 1. The predicted molar refractivity (Wildman–Crippen MR) is 89.6 cm³/mol. The number of carbonyl (C=O) groups is 2. The summed E-state index contributed by atoms with van der Waals surface area (Å²) in [4.78, 5) is 29.4. The van der Waals surface area contributed by atoms with Crippen molar-refractivity contribution in [2.45, 2.75) is 13.3 Å². The van der Waals surface area contributed by atoms with Crippen LogP contribution in [0.1, 0.15) is 18.4 Å². The van der Waals surface area contributed by atoms with Crippen LogP contribution in [0.3, 0.4) is 0 Å². The molecule has 0 aliphatic rings. The summed E-state index contributed by atoms with van der Waals surface area (Å²) in [5.74, 6) is -0.364. The first-order valence-corrected chi connectivity index (χ1v) is 7.97. The Hall–Kier alpha value is -2.21. The minimum Gasteiger partial charge on any atom is -0.355 e. The van der Waals surface area contributed by atoms with Crippen molar-refractivity contribution >= 4 is 39.4 Å². The third kappa shape index (κ3) is 4.39. The maximum atomic E-state index is 12.0. The quantitative estimate of drug-likeness (QED) is 0.832. The monoisotopic (exact) mass is 317 g/mol. The van der Waals surface area contributed by atoms with E-state index in [0.717, 1.165) is 21.6 Å². The second-order valence-electron chi connectivity index (χ2n) is 4.90. The maximum absolute atomic E-state index is 12.0. The molecule has 0 saturated heterocycles. The van der Waals surface area contributed by atoms with Crippen LogP contribution in [0.25, 0.3) is 16.3 Å². The van der Waals surface area contributed by atoms with Gasteiger partial charge in [-0.15, -0.1) is 11.3 Å². The number of fused-ring (bicyclic) bond motifs is 1. The van der Waals surface area contributed by atoms with Gasteiger partial charge in [-0.3, -0.25) is 9.59 Å². The van der Waals surface area contributed by atoms with Crippen molar-refractivity contribution < 1.29 is 9.59 Å². The Morgan fingerprint density at radius 1 is 1.36 bits per heavy atom. The van der Waals surface area contributed by atoms with Crippen molar-refractivity contribution in [2.75, 3.05) is 20.1 Å². The highest BCUT2D eigenvalue weighted by Gasteiger charge is 2.10. The SMILES string of the molecule is CCCNC(=O)CN(C)C(=O)/C=C/c1nc2ccccc2s1. The number of likely N-dealkylation sites (N-methyl/N-ethyl adjacent to an activating group) is 1. The zero-order chi connectivity index (χ0) is 15.9. The summed E-state index contributed by atoms with van der Waals surface area (Å²) in [7, 11) is 1.61. The molecule has 0 unspecified atom stereocenters. The van der Waals surface area contributed by atoms with Gasteiger partial charge in [-0.25, -0.2) is 4.98 Å². The third-order valence-corrected chi connectivity index (χ3v) is 4.01. The van der Waals surface area contributed by atoms with Crippen LogP contribution in [-0.2, 0) is 9.59 Å². The summed E-state index contributed by atoms with van der Waals surface area (Å²) in [5.41, 5.74) is 0.923. The lowest BCUT2D eigenvalue weighted by atomic mass is 10.3. The van der Waals surface area contributed by atoms with E-state index >= 15 is 0 Å². The molecule has 0 radical (unpaired) electrons. The van der Waals surface area contributed by atoms with Crippen molar-refractivity contribution in [1.29, 1.82) is 0 Å². The van der Waals surface area contributed by atoms with E-state index in [2.05, 4.69) is 10.3 Å². The van der Waals surface area contributed by atoms with Gasteiger partial charge in [-0.2, -0.15) is 0 Å². The second kappa shape index (κ2) is 7.70. The van der Waals surface area contributed by atoms with E-state index < -0.39 is 0 Å². The minimum atomic E-state index is -0.217. The smallest absolute Gasteiger partial charge is 0.246 e. The largest absolute Gasteiger partial charge is 0.355 e. The molecule has 6 heteroatoms. The van der Waals surface area contributed by atoms with E-state index in [1.54, 1.807) is 13.1 Å². The van der Waals surface area contributed by atoms with E-state index in [1.165, 1.54) is 22.3 Å². The third-order valence-electron chi connectivity index (χ3n) is 3.01. The first-order chi connectivity index (χ1) is 10.6. The van der Waals surface area contributed by atoms with Gasteiger partial charge in [0, 0.05) is 19.7 Å². The summed E-state index contributed by atoms with van der Waals surface area (Å²) in [6.45, 7) is 2.67. The van der Waals surface area contributed by atoms with Gasteiger partial charge in [0.2, 0.25) is 11.8 Å². The Morgan fingerprint density at radius 3 is 2.86 bits per heavy atom. The number of amides is 2. The number of benzene rings is 1. The Morgan fingerprint density at radius 2 is 2.14 bits per heavy atom. The zero-order valence-electron chi connectivity index (χ0n) is 12.7. The van der Waals surface area contributed by atoms with Crippen molar-refractivity contribution in [3.05, 3.63) is 35.3 Å². The second-order valence-corrected chi connectivity index (χ2v) is 5.96. The maximum Gasteiger partial charge on any atom is 0.246 e. The Bertz CT molecular complexity index is 661. The molecule has 0 aliphatic heterocycles. The molecule has 116 valence electrons. The minimum absolute atomic E-state index is 0.0585. The highest BCUT2D eigenvalue weighted by Crippen LogP contribution is 2.22. The van der Waals surface area contributed by atoms with Crippen molar-refractivity contribution in [3.63, 3.8) is 0 Å². The molecule has 0 saturated carbocycles. The molecule has 2 aromatic rings. The number of rotatable bonds is 6. The average molecular weight is 317 g/mol. The van der Waals surface area contributed by atoms with Gasteiger partial charge < -0.3 is 10.2 Å². The number of para-hydroxylation sites is 1. The fourth-order valence-electron chi connectivity index (χ4n) is 1.84. The Labute approximate surface area is 133 Å². The molecule has 22 heavy (non-hydrogen) atoms. The van der Waals surface area contributed by atoms with Crippen molar-refractivity contribution in [2.24, 2.45) is 0 Å². The normalized spacial score (nSPS) is 11.0. The van der Waals surface area contributed by atoms with E-state index in [9.17, 15) is 9.59 Å². The average Bonchev–Trinajstić information content (AvgIpc) is 2.93. The first kappa shape index (κ1) is 16.2. The zero-order valence-corrected chi connectivity index (χ0v) is 13.5. The first-order valence-electron chi connectivity index (χ1n) is 7.15. The summed E-state index contributed by atoms with van der Waals surface area (Å²) in [6, 6.07) is 7.83. The van der Waals surface area contributed by atoms with E-state index in [1.807, 2.05) is 31.2 Å². The van der Waals surface area contributed by atoms with Gasteiger partial charge in [0.15, 0.2) is 0 Å². The fraction of sp³-hybridized carbons (Fsp3) is 0.312. The van der Waals surface area contributed by atoms with Crippen LogP contribution in [0.15, 0.2) is 30.3 Å². The number of nitrogens with zero attached hydrogens (tertiary/aromatic N) is 2. The Balaban J connectivity index is 1.94. The summed E-state index contributed by atoms with van der Waals surface area (Å²) in [6.07, 6.45) is 4.01. The molecule has 0 aliphatic carbocycles. The highest BCUT2D eigenvalue weighted by molar-refractivity contribution is 7.19. The molecule has 0 fully saturated rings. The molecule has 1 N–H and O–H groups in total. The number of aromatic nitrogens is 1. The molecule has 2 rings (SSSR count). The lowest BCUT2D eigenvalue weighted by molar-refractivity contribution is -0.131. The lowest BCUT2D eigenvalue weighted by Crippen LogP contribution is -2.37. The van der Waals surface area contributed by atoms with Crippen LogP contribution >= 0.6 is 11.3 Å². The summed E-state index contributed by atoms with van der Waals surface area (Å²) >= 11 is 1.53. The number of hydrogen-bond acceptors (Lipinski definition) is 4. The topological polar surface area (TPSA) is 62.3 Å². The Kier molecular flexibility index (Phi) is 5.66. The van der Waals surface area contributed by atoms with Gasteiger partial charge >= 0.3 is 0 Å². The molecule has 2 amide bonds. The number of thiazole rings is 1. The number of hydrogen-bond donors (Lipinski definition) is 1. The standard InChI is InChI=1S/C16H19N3O2S/c1-3-10-17-14(20)11-19(2)16(21)9-8-15-18-12-6-4-5-7-13(12)22-15/h4-9H,3,10-11H2,1-2H3,(H,17,20)/b9-8+. The molecular formula is C16H19N3O2S. The molecule has 0 atom stereocenters. The van der Waals surface area contributed by atoms with E-state index in [0.29, 0.717) is 6.54 Å². The van der Waals surface area contributed by atoms with Gasteiger partial charge in [0.1, 0.15) is 5.01 Å². The van der Waals surface area contributed by atoms with Gasteiger partial charge in [0.25, 0.3) is 0 Å². The lowest BCUT2D eigenvalue weighted by Gasteiger charge is -2.14. The van der Waals surface area contributed by atoms with Gasteiger partial charge in [-0.05, 0) is 24.6 Å². The van der Waals surface area contributed by atoms with Crippen LogP contribution in [-0.4, -0.2) is 41.8 Å². The fourth-order valence-corrected chi connectivity index (χ4v) is 2.72. The van der Waals surface area contributed by atoms with Crippen LogP contribution in [0.5, 0.6) is 0 Å².